The van der Waals surface area contributed by atoms with Crippen LogP contribution in [0.1, 0.15) is 31.1 Å². The molecule has 0 aliphatic carbocycles. The van der Waals surface area contributed by atoms with Gasteiger partial charge in [0.25, 0.3) is 0 Å². The molecule has 0 amide bonds. The van der Waals surface area contributed by atoms with Crippen LogP contribution in [0.25, 0.3) is 0 Å². The summed E-state index contributed by atoms with van der Waals surface area (Å²) in [6.45, 7) is 6.84. The van der Waals surface area contributed by atoms with Gasteiger partial charge in [0.1, 0.15) is 0 Å². The highest BCUT2D eigenvalue weighted by molar-refractivity contribution is 7.98. The number of hydrogen-bond donors (Lipinski definition) is 2. The molecule has 0 aromatic heterocycles. The molecule has 2 nitrogen and oxygen atoms in total. The SMILES string of the molecule is CSc1ccc(C(O)CNC(C)C)cc1C.Cl. The smallest absolute Gasteiger partial charge is 0.0914 e. The van der Waals surface area contributed by atoms with Gasteiger partial charge in [-0.2, -0.15) is 0 Å². The van der Waals surface area contributed by atoms with Gasteiger partial charge in [-0.3, -0.25) is 0 Å². The standard InChI is InChI=1S/C13H21NOS.ClH/c1-9(2)14-8-12(15)11-5-6-13(16-4)10(3)7-11;/h5-7,9,12,14-15H,8H2,1-4H3;1H. The van der Waals surface area contributed by atoms with Crippen molar-refractivity contribution in [1.29, 1.82) is 0 Å². The topological polar surface area (TPSA) is 32.3 Å². The van der Waals surface area contributed by atoms with Gasteiger partial charge in [-0.05, 0) is 30.4 Å². The first-order valence-corrected chi connectivity index (χ1v) is 6.83. The van der Waals surface area contributed by atoms with E-state index in [4.69, 9.17) is 0 Å². The molecule has 98 valence electrons. The molecule has 0 fully saturated rings. The minimum atomic E-state index is -0.419. The van der Waals surface area contributed by atoms with E-state index < -0.39 is 6.10 Å². The van der Waals surface area contributed by atoms with Crippen molar-refractivity contribution >= 4 is 24.2 Å². The summed E-state index contributed by atoms with van der Waals surface area (Å²) >= 11 is 1.74. The molecule has 0 saturated carbocycles. The van der Waals surface area contributed by atoms with Gasteiger partial charge in [-0.15, -0.1) is 24.2 Å². The van der Waals surface area contributed by atoms with Gasteiger partial charge >= 0.3 is 0 Å². The van der Waals surface area contributed by atoms with Gasteiger partial charge in [0.15, 0.2) is 0 Å². The minimum absolute atomic E-state index is 0. The molecule has 0 aliphatic heterocycles. The third-order valence-corrected chi connectivity index (χ3v) is 3.42. The van der Waals surface area contributed by atoms with Crippen molar-refractivity contribution < 1.29 is 5.11 Å². The number of aliphatic hydroxyl groups is 1. The van der Waals surface area contributed by atoms with E-state index in [-0.39, 0.29) is 12.4 Å². The van der Waals surface area contributed by atoms with Crippen LogP contribution in [0.5, 0.6) is 0 Å². The largest absolute Gasteiger partial charge is 0.387 e. The van der Waals surface area contributed by atoms with Gasteiger partial charge < -0.3 is 10.4 Å². The lowest BCUT2D eigenvalue weighted by Crippen LogP contribution is -2.27. The summed E-state index contributed by atoms with van der Waals surface area (Å²) in [6, 6.07) is 6.55. The molecular formula is C13H22ClNOS. The fourth-order valence-corrected chi connectivity index (χ4v) is 2.16. The molecule has 1 atom stereocenters. The lowest BCUT2D eigenvalue weighted by Gasteiger charge is -2.15. The Balaban J connectivity index is 0.00000256. The Hall–Kier alpha value is -0.220. The minimum Gasteiger partial charge on any atom is -0.387 e. The summed E-state index contributed by atoms with van der Waals surface area (Å²) in [6.07, 6.45) is 1.65. The molecule has 0 saturated heterocycles. The number of halogens is 1. The van der Waals surface area contributed by atoms with E-state index in [9.17, 15) is 5.11 Å². The number of rotatable bonds is 5. The maximum atomic E-state index is 9.99. The monoisotopic (exact) mass is 275 g/mol. The Morgan fingerprint density at radius 1 is 1.35 bits per heavy atom. The van der Waals surface area contributed by atoms with Crippen molar-refractivity contribution in [1.82, 2.24) is 5.32 Å². The van der Waals surface area contributed by atoms with E-state index in [0.717, 1.165) is 5.56 Å². The normalized spacial score (nSPS) is 12.4. The highest BCUT2D eigenvalue weighted by Gasteiger charge is 2.09. The van der Waals surface area contributed by atoms with E-state index in [1.54, 1.807) is 11.8 Å². The number of aliphatic hydroxyl groups excluding tert-OH is 1. The second-order valence-corrected chi connectivity index (χ2v) is 5.16. The van der Waals surface area contributed by atoms with Crippen LogP contribution in [0.4, 0.5) is 0 Å². The molecule has 0 aliphatic rings. The fourth-order valence-electron chi connectivity index (χ4n) is 1.57. The van der Waals surface area contributed by atoms with Crippen molar-refractivity contribution in [2.24, 2.45) is 0 Å². The fraction of sp³-hybridized carbons (Fsp3) is 0.538. The highest BCUT2D eigenvalue weighted by Crippen LogP contribution is 2.23. The van der Waals surface area contributed by atoms with Crippen molar-refractivity contribution in [3.8, 4) is 0 Å². The average Bonchev–Trinajstić information content (AvgIpc) is 2.25. The lowest BCUT2D eigenvalue weighted by molar-refractivity contribution is 0.171. The molecule has 0 radical (unpaired) electrons. The average molecular weight is 276 g/mol. The molecule has 2 N–H and O–H groups in total. The summed E-state index contributed by atoms with van der Waals surface area (Å²) in [4.78, 5) is 1.27. The molecule has 0 spiro atoms. The van der Waals surface area contributed by atoms with Crippen LogP contribution in [0.2, 0.25) is 0 Å². The predicted molar refractivity (Wildman–Crippen MR) is 78.3 cm³/mol. The van der Waals surface area contributed by atoms with Crippen LogP contribution in [0.15, 0.2) is 23.1 Å². The Kier molecular flexibility index (Phi) is 7.88. The van der Waals surface area contributed by atoms with Gasteiger partial charge in [-0.25, -0.2) is 0 Å². The first-order valence-electron chi connectivity index (χ1n) is 5.60. The van der Waals surface area contributed by atoms with Crippen molar-refractivity contribution in [3.63, 3.8) is 0 Å². The molecule has 0 bridgehead atoms. The Bertz CT molecular complexity index is 344. The van der Waals surface area contributed by atoms with E-state index in [2.05, 4.69) is 44.5 Å². The summed E-state index contributed by atoms with van der Waals surface area (Å²) in [7, 11) is 0. The van der Waals surface area contributed by atoms with Crippen molar-refractivity contribution in [2.45, 2.75) is 37.8 Å². The second-order valence-electron chi connectivity index (χ2n) is 4.31. The lowest BCUT2D eigenvalue weighted by atomic mass is 10.1. The molecule has 1 rings (SSSR count). The number of nitrogens with one attached hydrogen (secondary N) is 1. The molecule has 0 heterocycles. The number of hydrogen-bond acceptors (Lipinski definition) is 3. The molecule has 1 aromatic carbocycles. The Morgan fingerprint density at radius 3 is 2.47 bits per heavy atom. The summed E-state index contributed by atoms with van der Waals surface area (Å²) in [5.41, 5.74) is 2.22. The third kappa shape index (κ3) is 5.30. The third-order valence-electron chi connectivity index (χ3n) is 2.52. The number of aryl methyl sites for hydroxylation is 1. The zero-order valence-corrected chi connectivity index (χ0v) is 12.5. The zero-order chi connectivity index (χ0) is 12.1. The van der Waals surface area contributed by atoms with Gasteiger partial charge in [0, 0.05) is 17.5 Å². The van der Waals surface area contributed by atoms with E-state index in [1.165, 1.54) is 10.5 Å². The summed E-state index contributed by atoms with van der Waals surface area (Å²) in [5, 5.41) is 13.2. The van der Waals surface area contributed by atoms with Crippen molar-refractivity contribution in [2.75, 3.05) is 12.8 Å². The van der Waals surface area contributed by atoms with Gasteiger partial charge in [0.2, 0.25) is 0 Å². The molecule has 17 heavy (non-hydrogen) atoms. The molecule has 1 unspecified atom stereocenters. The Morgan fingerprint density at radius 2 is 2.00 bits per heavy atom. The van der Waals surface area contributed by atoms with Crippen LogP contribution < -0.4 is 5.32 Å². The maximum Gasteiger partial charge on any atom is 0.0914 e. The molecule has 1 aromatic rings. The van der Waals surface area contributed by atoms with Crippen LogP contribution in [-0.4, -0.2) is 23.9 Å². The van der Waals surface area contributed by atoms with Crippen LogP contribution in [0.3, 0.4) is 0 Å². The highest BCUT2D eigenvalue weighted by atomic mass is 35.5. The predicted octanol–water partition coefficient (Wildman–Crippen LogP) is 3.17. The Labute approximate surface area is 115 Å². The summed E-state index contributed by atoms with van der Waals surface area (Å²) in [5.74, 6) is 0. The van der Waals surface area contributed by atoms with Gasteiger partial charge in [0.05, 0.1) is 6.10 Å². The van der Waals surface area contributed by atoms with Crippen LogP contribution in [0, 0.1) is 6.92 Å². The van der Waals surface area contributed by atoms with Crippen molar-refractivity contribution in [3.05, 3.63) is 29.3 Å². The van der Waals surface area contributed by atoms with Gasteiger partial charge in [-0.1, -0.05) is 26.0 Å². The quantitative estimate of drug-likeness (QED) is 0.810. The second kappa shape index (κ2) is 7.98. The van der Waals surface area contributed by atoms with Crippen LogP contribution in [-0.2, 0) is 0 Å². The zero-order valence-electron chi connectivity index (χ0n) is 10.9. The first-order chi connectivity index (χ1) is 7.54. The number of thioether (sulfide) groups is 1. The van der Waals surface area contributed by atoms with Crippen LogP contribution >= 0.6 is 24.2 Å². The maximum absolute atomic E-state index is 9.99. The van der Waals surface area contributed by atoms with E-state index in [1.807, 2.05) is 6.07 Å². The molecule has 4 heteroatoms. The van der Waals surface area contributed by atoms with E-state index in [0.29, 0.717) is 12.6 Å². The van der Waals surface area contributed by atoms with E-state index >= 15 is 0 Å². The summed E-state index contributed by atoms with van der Waals surface area (Å²) < 4.78 is 0. The number of benzene rings is 1. The molecular weight excluding hydrogens is 254 g/mol. The first kappa shape index (κ1) is 16.8.